The van der Waals surface area contributed by atoms with Crippen LogP contribution in [-0.2, 0) is 9.36 Å². The van der Waals surface area contributed by atoms with Crippen molar-refractivity contribution in [2.45, 2.75) is 51.4 Å². The Morgan fingerprint density at radius 2 is 1.38 bits per heavy atom. The Balaban J connectivity index is 1.73. The summed E-state index contributed by atoms with van der Waals surface area (Å²) in [5, 5.41) is 1.85. The Hall–Kier alpha value is -1.66. The molecule has 138 valence electrons. The Morgan fingerprint density at radius 1 is 0.808 bits per heavy atom. The average molecular weight is 368 g/mol. The van der Waals surface area contributed by atoms with Crippen LogP contribution < -0.4 is 10.6 Å². The fraction of sp³-hybridized carbons (Fsp3) is 0.435. The zero-order valence-corrected chi connectivity index (χ0v) is 16.4. The van der Waals surface area contributed by atoms with Crippen LogP contribution in [0.5, 0.6) is 0 Å². The quantitative estimate of drug-likeness (QED) is 0.647. The molecule has 0 spiro atoms. The number of rotatable bonds is 6. The number of hydrogen-bond acceptors (Lipinski definition) is 2. The van der Waals surface area contributed by atoms with Crippen LogP contribution in [0.2, 0.25) is 0 Å². The van der Waals surface area contributed by atoms with Gasteiger partial charge in [0.2, 0.25) is 0 Å². The summed E-state index contributed by atoms with van der Waals surface area (Å²) in [4.78, 5) is 12.4. The molecule has 0 N–H and O–H groups in total. The first-order valence-corrected chi connectivity index (χ1v) is 11.8. The van der Waals surface area contributed by atoms with Crippen molar-refractivity contribution in [1.29, 1.82) is 0 Å². The van der Waals surface area contributed by atoms with E-state index in [1.807, 2.05) is 60.7 Å². The molecule has 1 fully saturated rings. The van der Waals surface area contributed by atoms with E-state index in [1.165, 1.54) is 12.8 Å². The van der Waals surface area contributed by atoms with Crippen molar-refractivity contribution < 1.29 is 9.36 Å². The first-order valence-electron chi connectivity index (χ1n) is 9.93. The minimum Gasteiger partial charge on any atom is -0.314 e. The first kappa shape index (κ1) is 19.1. The second-order valence-electron chi connectivity index (χ2n) is 7.39. The Bertz CT molecular complexity index is 696. The van der Waals surface area contributed by atoms with E-state index in [4.69, 9.17) is 0 Å². The van der Waals surface area contributed by atoms with Crippen LogP contribution in [0.3, 0.4) is 0 Å². The third kappa shape index (κ3) is 4.74. The molecule has 1 atom stereocenters. The monoisotopic (exact) mass is 368 g/mol. The Kier molecular flexibility index (Phi) is 6.86. The fourth-order valence-electron chi connectivity index (χ4n) is 4.02. The number of benzene rings is 2. The van der Waals surface area contributed by atoms with Crippen molar-refractivity contribution in [1.82, 2.24) is 0 Å². The lowest BCUT2D eigenvalue weighted by Gasteiger charge is -2.22. The third-order valence-electron chi connectivity index (χ3n) is 5.55. The van der Waals surface area contributed by atoms with Crippen LogP contribution in [0.15, 0.2) is 60.7 Å². The molecule has 26 heavy (non-hydrogen) atoms. The normalized spacial score (nSPS) is 18.9. The summed E-state index contributed by atoms with van der Waals surface area (Å²) in [7, 11) is -2.64. The van der Waals surface area contributed by atoms with E-state index in [2.05, 4.69) is 0 Å². The van der Waals surface area contributed by atoms with Crippen LogP contribution in [0, 0.1) is 5.92 Å². The highest BCUT2D eigenvalue weighted by Gasteiger charge is 2.28. The summed E-state index contributed by atoms with van der Waals surface area (Å²) in [6.07, 6.45) is 8.75. The molecule has 2 nitrogen and oxygen atoms in total. The molecular formula is C23H29O2P. The fourth-order valence-corrected chi connectivity index (χ4v) is 6.77. The second-order valence-corrected chi connectivity index (χ2v) is 10.4. The highest BCUT2D eigenvalue weighted by molar-refractivity contribution is 7.78. The molecule has 0 aliphatic heterocycles. The van der Waals surface area contributed by atoms with Crippen LogP contribution in [-0.4, -0.2) is 11.9 Å². The standard InChI is InChI=1S/C23H29O2P/c24-23-18-10-2-1-5-12-20(23)13-11-19-26(25,21-14-6-3-7-15-21)22-16-8-4-9-17-22/h3-4,6-9,14-17,20H,1-2,5,10-13,18-19H2. The van der Waals surface area contributed by atoms with Crippen LogP contribution in [0.25, 0.3) is 0 Å². The molecule has 0 aromatic heterocycles. The second kappa shape index (κ2) is 9.33. The van der Waals surface area contributed by atoms with Gasteiger partial charge in [0.15, 0.2) is 0 Å². The van der Waals surface area contributed by atoms with Crippen molar-refractivity contribution in [3.63, 3.8) is 0 Å². The van der Waals surface area contributed by atoms with Crippen molar-refractivity contribution in [3.05, 3.63) is 60.7 Å². The SMILES string of the molecule is O=C1CCCCCCC1CCCP(=O)(c1ccccc1)c1ccccc1. The van der Waals surface area contributed by atoms with Gasteiger partial charge in [-0.2, -0.15) is 0 Å². The van der Waals surface area contributed by atoms with Gasteiger partial charge in [0.1, 0.15) is 12.9 Å². The summed E-state index contributed by atoms with van der Waals surface area (Å²) >= 11 is 0. The zero-order valence-electron chi connectivity index (χ0n) is 15.5. The number of carbonyl (C=O) groups excluding carboxylic acids is 1. The van der Waals surface area contributed by atoms with Gasteiger partial charge in [-0.1, -0.05) is 79.9 Å². The maximum absolute atomic E-state index is 14.0. The number of hydrogen-bond donors (Lipinski definition) is 0. The molecule has 3 rings (SSSR count). The molecule has 2 aromatic rings. The summed E-state index contributed by atoms with van der Waals surface area (Å²) in [6.45, 7) is 0. The molecule has 1 unspecified atom stereocenters. The van der Waals surface area contributed by atoms with Gasteiger partial charge in [-0.25, -0.2) is 0 Å². The maximum atomic E-state index is 14.0. The lowest BCUT2D eigenvalue weighted by molar-refractivity contribution is -0.123. The molecule has 1 aliphatic carbocycles. The molecule has 0 radical (unpaired) electrons. The Morgan fingerprint density at radius 3 is 2.00 bits per heavy atom. The van der Waals surface area contributed by atoms with Gasteiger partial charge in [-0.15, -0.1) is 0 Å². The number of Topliss-reactive ketones (excluding diaryl/α,β-unsaturated/α-hetero) is 1. The predicted molar refractivity (Wildman–Crippen MR) is 110 cm³/mol. The molecular weight excluding hydrogens is 339 g/mol. The topological polar surface area (TPSA) is 34.1 Å². The van der Waals surface area contributed by atoms with Crippen molar-refractivity contribution in [3.8, 4) is 0 Å². The van der Waals surface area contributed by atoms with E-state index in [-0.39, 0.29) is 5.92 Å². The minimum absolute atomic E-state index is 0.176. The van der Waals surface area contributed by atoms with Gasteiger partial charge in [0.05, 0.1) is 0 Å². The van der Waals surface area contributed by atoms with E-state index in [0.717, 1.165) is 49.1 Å². The lowest BCUT2D eigenvalue weighted by Crippen LogP contribution is -2.20. The van der Waals surface area contributed by atoms with Crippen molar-refractivity contribution in [2.75, 3.05) is 6.16 Å². The summed E-state index contributed by atoms with van der Waals surface area (Å²) in [5.74, 6) is 0.606. The molecule has 0 saturated heterocycles. The highest BCUT2D eigenvalue weighted by Crippen LogP contribution is 2.44. The van der Waals surface area contributed by atoms with Crippen LogP contribution in [0.4, 0.5) is 0 Å². The minimum atomic E-state index is -2.64. The predicted octanol–water partition coefficient (Wildman–Crippen LogP) is 5.32. The van der Waals surface area contributed by atoms with E-state index in [0.29, 0.717) is 11.9 Å². The van der Waals surface area contributed by atoms with Gasteiger partial charge in [0, 0.05) is 29.1 Å². The van der Waals surface area contributed by atoms with E-state index >= 15 is 0 Å². The van der Waals surface area contributed by atoms with Crippen molar-refractivity contribution >= 4 is 23.5 Å². The third-order valence-corrected chi connectivity index (χ3v) is 8.76. The Labute approximate surface area is 157 Å². The van der Waals surface area contributed by atoms with Gasteiger partial charge in [-0.3, -0.25) is 4.79 Å². The van der Waals surface area contributed by atoms with E-state index < -0.39 is 7.14 Å². The van der Waals surface area contributed by atoms with Gasteiger partial charge in [-0.05, 0) is 25.7 Å². The zero-order chi connectivity index (χ0) is 18.2. The molecule has 0 bridgehead atoms. The van der Waals surface area contributed by atoms with Gasteiger partial charge in [0.25, 0.3) is 0 Å². The van der Waals surface area contributed by atoms with Gasteiger partial charge < -0.3 is 4.57 Å². The summed E-state index contributed by atoms with van der Waals surface area (Å²) in [5.41, 5.74) is 0. The molecule has 1 aliphatic rings. The molecule has 0 amide bonds. The van der Waals surface area contributed by atoms with Gasteiger partial charge >= 0.3 is 0 Å². The van der Waals surface area contributed by atoms with Crippen LogP contribution in [0.1, 0.15) is 51.4 Å². The first-order chi connectivity index (χ1) is 12.7. The molecule has 1 saturated carbocycles. The summed E-state index contributed by atoms with van der Waals surface area (Å²) < 4.78 is 14.0. The maximum Gasteiger partial charge on any atom is 0.143 e. The number of ketones is 1. The molecule has 0 heterocycles. The molecule has 3 heteroatoms. The highest BCUT2D eigenvalue weighted by atomic mass is 31.2. The largest absolute Gasteiger partial charge is 0.314 e. The smallest absolute Gasteiger partial charge is 0.143 e. The van der Waals surface area contributed by atoms with Crippen molar-refractivity contribution in [2.24, 2.45) is 5.92 Å². The van der Waals surface area contributed by atoms with Crippen LogP contribution >= 0.6 is 7.14 Å². The van der Waals surface area contributed by atoms with E-state index in [1.54, 1.807) is 0 Å². The average Bonchev–Trinajstić information content (AvgIpc) is 2.68. The number of carbonyl (C=O) groups is 1. The molecule has 2 aromatic carbocycles. The lowest BCUT2D eigenvalue weighted by atomic mass is 9.87. The summed E-state index contributed by atoms with van der Waals surface area (Å²) in [6, 6.07) is 19.7. The van der Waals surface area contributed by atoms with E-state index in [9.17, 15) is 9.36 Å².